The number of hydrogen-bond donors (Lipinski definition) is 2. The van der Waals surface area contributed by atoms with E-state index in [-0.39, 0.29) is 19.0 Å². The van der Waals surface area contributed by atoms with Crippen LogP contribution in [0.15, 0.2) is 18.2 Å². The first-order valence-electron chi connectivity index (χ1n) is 7.47. The third kappa shape index (κ3) is 4.53. The average Bonchev–Trinajstić information content (AvgIpc) is 2.49. The van der Waals surface area contributed by atoms with Crippen LogP contribution in [0.2, 0.25) is 0 Å². The molecule has 0 saturated carbocycles. The highest BCUT2D eigenvalue weighted by molar-refractivity contribution is 5.41. The first-order chi connectivity index (χ1) is 10.2. The fourth-order valence-corrected chi connectivity index (χ4v) is 2.90. The predicted molar refractivity (Wildman–Crippen MR) is 80.1 cm³/mol. The molecule has 1 aliphatic heterocycles. The molecule has 114 valence electrons. The number of aliphatic hydroxyl groups excluding tert-OH is 2. The van der Waals surface area contributed by atoms with Gasteiger partial charge < -0.3 is 10.2 Å². The van der Waals surface area contributed by atoms with Gasteiger partial charge in [0.05, 0.1) is 0 Å². The maximum absolute atomic E-state index is 13.4. The van der Waals surface area contributed by atoms with Gasteiger partial charge in [-0.1, -0.05) is 24.3 Å². The summed E-state index contributed by atoms with van der Waals surface area (Å²) in [5.41, 5.74) is 1.61. The van der Waals surface area contributed by atoms with E-state index in [4.69, 9.17) is 5.11 Å². The molecular weight excluding hydrogens is 269 g/mol. The highest BCUT2D eigenvalue weighted by Gasteiger charge is 2.22. The van der Waals surface area contributed by atoms with Gasteiger partial charge in [0.25, 0.3) is 0 Å². The third-order valence-corrected chi connectivity index (χ3v) is 3.96. The molecule has 1 fully saturated rings. The highest BCUT2D eigenvalue weighted by Crippen LogP contribution is 2.23. The van der Waals surface area contributed by atoms with E-state index in [1.807, 2.05) is 0 Å². The Hall–Kier alpha value is -1.41. The molecule has 4 heteroatoms. The normalized spacial score (nSPS) is 19.1. The van der Waals surface area contributed by atoms with Crippen molar-refractivity contribution in [3.8, 4) is 11.8 Å². The maximum atomic E-state index is 13.4. The second kappa shape index (κ2) is 8.14. The summed E-state index contributed by atoms with van der Waals surface area (Å²) < 4.78 is 13.4. The Labute approximate surface area is 125 Å². The summed E-state index contributed by atoms with van der Waals surface area (Å²) >= 11 is 0. The van der Waals surface area contributed by atoms with Crippen LogP contribution in [0, 0.1) is 17.7 Å². The van der Waals surface area contributed by atoms with Crippen molar-refractivity contribution < 1.29 is 14.6 Å². The molecule has 0 spiro atoms. The lowest BCUT2D eigenvalue weighted by Crippen LogP contribution is -2.39. The van der Waals surface area contributed by atoms with Crippen LogP contribution in [0.3, 0.4) is 0 Å². The van der Waals surface area contributed by atoms with Crippen LogP contribution in [0.25, 0.3) is 0 Å². The van der Waals surface area contributed by atoms with E-state index in [2.05, 4.69) is 16.7 Å². The Balaban J connectivity index is 2.17. The molecule has 0 amide bonds. The molecule has 1 aromatic rings. The molecule has 3 nitrogen and oxygen atoms in total. The zero-order valence-corrected chi connectivity index (χ0v) is 12.2. The molecule has 1 aliphatic rings. The SMILES string of the molecule is OCC#Cc1cc(F)ccc1CN1CCCCC1CCO. The molecule has 0 aliphatic carbocycles. The van der Waals surface area contributed by atoms with Crippen LogP contribution in [0.1, 0.15) is 36.8 Å². The van der Waals surface area contributed by atoms with Crippen molar-refractivity contribution in [3.63, 3.8) is 0 Å². The number of halogens is 1. The summed E-state index contributed by atoms with van der Waals surface area (Å²) in [7, 11) is 0. The van der Waals surface area contributed by atoms with Gasteiger partial charge >= 0.3 is 0 Å². The molecule has 1 atom stereocenters. The van der Waals surface area contributed by atoms with Crippen LogP contribution in [0.4, 0.5) is 4.39 Å². The van der Waals surface area contributed by atoms with E-state index in [9.17, 15) is 9.50 Å². The summed E-state index contributed by atoms with van der Waals surface area (Å²) in [6.45, 7) is 1.67. The van der Waals surface area contributed by atoms with Gasteiger partial charge in [0.2, 0.25) is 0 Å². The molecule has 21 heavy (non-hydrogen) atoms. The molecule has 1 saturated heterocycles. The van der Waals surface area contributed by atoms with Crippen molar-refractivity contribution in [1.82, 2.24) is 4.90 Å². The van der Waals surface area contributed by atoms with Crippen LogP contribution < -0.4 is 0 Å². The first-order valence-corrected chi connectivity index (χ1v) is 7.47. The Morgan fingerprint density at radius 1 is 1.29 bits per heavy atom. The fraction of sp³-hybridized carbons (Fsp3) is 0.529. The van der Waals surface area contributed by atoms with E-state index >= 15 is 0 Å². The topological polar surface area (TPSA) is 43.7 Å². The molecular formula is C17H22FNO2. The van der Waals surface area contributed by atoms with E-state index in [0.29, 0.717) is 18.2 Å². The van der Waals surface area contributed by atoms with Gasteiger partial charge in [-0.15, -0.1) is 0 Å². The van der Waals surface area contributed by atoms with E-state index < -0.39 is 0 Å². The van der Waals surface area contributed by atoms with Crippen LogP contribution in [-0.4, -0.2) is 40.9 Å². The molecule has 2 rings (SSSR count). The predicted octanol–water partition coefficient (Wildman–Crippen LogP) is 1.91. The Morgan fingerprint density at radius 3 is 2.90 bits per heavy atom. The summed E-state index contributed by atoms with van der Waals surface area (Å²) in [4.78, 5) is 2.34. The molecule has 1 unspecified atom stereocenters. The van der Waals surface area contributed by atoms with Crippen molar-refractivity contribution in [1.29, 1.82) is 0 Å². The van der Waals surface area contributed by atoms with Crippen LogP contribution in [-0.2, 0) is 6.54 Å². The Kier molecular flexibility index (Phi) is 6.19. The standard InChI is InChI=1S/C17H22FNO2/c18-16-7-6-15(14(12-16)4-3-10-20)13-19-9-2-1-5-17(19)8-11-21/h6-7,12,17,20-21H,1-2,5,8-11,13H2. The summed E-state index contributed by atoms with van der Waals surface area (Å²) in [5.74, 6) is 5.10. The zero-order chi connectivity index (χ0) is 15.1. The van der Waals surface area contributed by atoms with Crippen LogP contribution >= 0.6 is 0 Å². The van der Waals surface area contributed by atoms with Gasteiger partial charge in [0.15, 0.2) is 0 Å². The van der Waals surface area contributed by atoms with Crippen molar-refractivity contribution in [3.05, 3.63) is 35.1 Å². The average molecular weight is 291 g/mol. The minimum atomic E-state index is -0.313. The fourth-order valence-electron chi connectivity index (χ4n) is 2.90. The number of aliphatic hydroxyl groups is 2. The van der Waals surface area contributed by atoms with Gasteiger partial charge in [-0.05, 0) is 43.5 Å². The van der Waals surface area contributed by atoms with Crippen LogP contribution in [0.5, 0.6) is 0 Å². The highest BCUT2D eigenvalue weighted by atomic mass is 19.1. The molecule has 0 radical (unpaired) electrons. The van der Waals surface area contributed by atoms with Gasteiger partial charge in [-0.2, -0.15) is 0 Å². The number of nitrogens with zero attached hydrogens (tertiary/aromatic N) is 1. The lowest BCUT2D eigenvalue weighted by molar-refractivity contribution is 0.112. The van der Waals surface area contributed by atoms with Crippen molar-refractivity contribution in [2.75, 3.05) is 19.8 Å². The smallest absolute Gasteiger partial charge is 0.124 e. The van der Waals surface area contributed by atoms with Gasteiger partial charge in [-0.25, -0.2) is 4.39 Å². The van der Waals surface area contributed by atoms with E-state index in [1.54, 1.807) is 6.07 Å². The second-order valence-corrected chi connectivity index (χ2v) is 5.39. The summed E-state index contributed by atoms with van der Waals surface area (Å²) in [6, 6.07) is 5.02. The summed E-state index contributed by atoms with van der Waals surface area (Å²) in [5, 5.41) is 18.0. The quantitative estimate of drug-likeness (QED) is 0.833. The number of rotatable bonds is 4. The minimum Gasteiger partial charge on any atom is -0.396 e. The molecule has 0 bridgehead atoms. The lowest BCUT2D eigenvalue weighted by atomic mass is 9.98. The summed E-state index contributed by atoms with van der Waals surface area (Å²) in [6.07, 6.45) is 4.22. The molecule has 0 aromatic heterocycles. The minimum absolute atomic E-state index is 0.196. The van der Waals surface area contributed by atoms with E-state index in [0.717, 1.165) is 31.4 Å². The van der Waals surface area contributed by atoms with Gasteiger partial charge in [-0.3, -0.25) is 4.90 Å². The Bertz CT molecular complexity index is 519. The lowest BCUT2D eigenvalue weighted by Gasteiger charge is -2.35. The van der Waals surface area contributed by atoms with Gasteiger partial charge in [0.1, 0.15) is 12.4 Å². The molecule has 1 heterocycles. The first kappa shape index (κ1) is 16.0. The van der Waals surface area contributed by atoms with Crippen molar-refractivity contribution in [2.45, 2.75) is 38.3 Å². The molecule has 1 aromatic carbocycles. The third-order valence-electron chi connectivity index (χ3n) is 3.96. The second-order valence-electron chi connectivity index (χ2n) is 5.39. The maximum Gasteiger partial charge on any atom is 0.124 e. The number of hydrogen-bond acceptors (Lipinski definition) is 3. The molecule has 2 N–H and O–H groups in total. The number of piperidine rings is 1. The van der Waals surface area contributed by atoms with E-state index in [1.165, 1.54) is 18.6 Å². The Morgan fingerprint density at radius 2 is 2.14 bits per heavy atom. The van der Waals surface area contributed by atoms with Gasteiger partial charge in [0, 0.05) is 24.8 Å². The number of likely N-dealkylation sites (tertiary alicyclic amines) is 1. The number of benzene rings is 1. The largest absolute Gasteiger partial charge is 0.396 e. The van der Waals surface area contributed by atoms with Crippen molar-refractivity contribution >= 4 is 0 Å². The zero-order valence-electron chi connectivity index (χ0n) is 12.2. The monoisotopic (exact) mass is 291 g/mol. The van der Waals surface area contributed by atoms with Crippen molar-refractivity contribution in [2.24, 2.45) is 0 Å².